The van der Waals surface area contributed by atoms with Crippen LogP contribution in [0.3, 0.4) is 0 Å². The second-order valence-corrected chi connectivity index (χ2v) is 8.70. The third kappa shape index (κ3) is 3.58. The molecule has 2 unspecified atom stereocenters. The van der Waals surface area contributed by atoms with Gasteiger partial charge in [-0.25, -0.2) is 9.97 Å². The minimum atomic E-state index is 0.145. The van der Waals surface area contributed by atoms with Gasteiger partial charge in [-0.15, -0.1) is 11.3 Å². The average Bonchev–Trinajstić information content (AvgIpc) is 2.87. The van der Waals surface area contributed by atoms with Gasteiger partial charge in [-0.3, -0.25) is 4.79 Å². The first-order valence-electron chi connectivity index (χ1n) is 8.34. The first kappa shape index (κ1) is 17.6. The summed E-state index contributed by atoms with van der Waals surface area (Å²) in [7, 11) is 0. The molecule has 2 N–H and O–H groups in total. The van der Waals surface area contributed by atoms with Crippen molar-refractivity contribution in [3.63, 3.8) is 0 Å². The summed E-state index contributed by atoms with van der Waals surface area (Å²) in [6.07, 6.45) is 3.76. The molecule has 2 aromatic heterocycles. The number of carbonyl (C=O) groups excluding carboxylic acids is 1. The predicted octanol–water partition coefficient (Wildman–Crippen LogP) is 2.99. The number of aromatic nitrogens is 2. The Balaban J connectivity index is 1.68. The van der Waals surface area contributed by atoms with Gasteiger partial charge >= 0.3 is 0 Å². The predicted molar refractivity (Wildman–Crippen MR) is 101 cm³/mol. The number of amides is 1. The summed E-state index contributed by atoms with van der Waals surface area (Å²) in [6, 6.07) is 0.145. The Bertz CT molecular complexity index is 744. The van der Waals surface area contributed by atoms with E-state index < -0.39 is 0 Å². The van der Waals surface area contributed by atoms with Crippen LogP contribution in [0.25, 0.3) is 10.2 Å². The number of thiophene rings is 1. The molecule has 0 spiro atoms. The van der Waals surface area contributed by atoms with E-state index in [4.69, 9.17) is 5.73 Å². The zero-order valence-electron chi connectivity index (χ0n) is 14.4. The van der Waals surface area contributed by atoms with Crippen LogP contribution >= 0.6 is 23.1 Å². The van der Waals surface area contributed by atoms with E-state index in [1.807, 2.05) is 11.8 Å². The van der Waals surface area contributed by atoms with Crippen LogP contribution in [-0.2, 0) is 4.79 Å². The minimum Gasteiger partial charge on any atom is -0.342 e. The number of likely N-dealkylation sites (tertiary alicyclic amines) is 1. The largest absolute Gasteiger partial charge is 0.342 e. The Morgan fingerprint density at radius 3 is 3.04 bits per heavy atom. The fraction of sp³-hybridized carbons (Fsp3) is 0.588. The van der Waals surface area contributed by atoms with Crippen molar-refractivity contribution in [3.05, 3.63) is 16.8 Å². The molecule has 2 atom stereocenters. The van der Waals surface area contributed by atoms with E-state index in [1.165, 1.54) is 22.2 Å². The summed E-state index contributed by atoms with van der Waals surface area (Å²) in [6.45, 7) is 7.86. The number of nitrogens with zero attached hydrogens (tertiary/aromatic N) is 3. The summed E-state index contributed by atoms with van der Waals surface area (Å²) in [5.41, 5.74) is 7.24. The molecule has 7 heteroatoms. The van der Waals surface area contributed by atoms with E-state index in [-0.39, 0.29) is 11.9 Å². The molecule has 2 aromatic rings. The van der Waals surface area contributed by atoms with E-state index in [1.54, 1.807) is 17.7 Å². The molecule has 3 heterocycles. The van der Waals surface area contributed by atoms with E-state index in [0.29, 0.717) is 11.7 Å². The SMILES string of the molecule is Cc1sc2ncnc(SCC(=O)N3CCCC(C(C)N)C3)c2c1C. The Hall–Kier alpha value is -1.18. The van der Waals surface area contributed by atoms with Crippen molar-refractivity contribution in [1.29, 1.82) is 0 Å². The zero-order chi connectivity index (χ0) is 17.3. The molecular weight excluding hydrogens is 340 g/mol. The lowest BCUT2D eigenvalue weighted by atomic mass is 9.92. The summed E-state index contributed by atoms with van der Waals surface area (Å²) >= 11 is 3.21. The third-order valence-corrected chi connectivity index (χ3v) is 6.91. The third-order valence-electron chi connectivity index (χ3n) is 4.82. The quantitative estimate of drug-likeness (QED) is 0.667. The van der Waals surface area contributed by atoms with E-state index in [0.717, 1.165) is 41.2 Å². The molecule has 5 nitrogen and oxygen atoms in total. The van der Waals surface area contributed by atoms with Crippen molar-refractivity contribution >= 4 is 39.2 Å². The highest BCUT2D eigenvalue weighted by Gasteiger charge is 2.26. The molecule has 0 radical (unpaired) electrons. The fourth-order valence-corrected chi connectivity index (χ4v) is 5.17. The van der Waals surface area contributed by atoms with Crippen molar-refractivity contribution in [2.75, 3.05) is 18.8 Å². The summed E-state index contributed by atoms with van der Waals surface area (Å²) in [4.78, 5) is 25.6. The van der Waals surface area contributed by atoms with Crippen molar-refractivity contribution in [3.8, 4) is 0 Å². The van der Waals surface area contributed by atoms with Crippen molar-refractivity contribution in [2.45, 2.75) is 44.7 Å². The van der Waals surface area contributed by atoms with Crippen LogP contribution in [0, 0.1) is 19.8 Å². The number of aryl methyl sites for hydroxylation is 2. The van der Waals surface area contributed by atoms with Gasteiger partial charge in [-0.05, 0) is 45.1 Å². The van der Waals surface area contributed by atoms with Gasteiger partial charge in [0.2, 0.25) is 5.91 Å². The highest BCUT2D eigenvalue weighted by molar-refractivity contribution is 8.00. The molecule has 1 aliphatic heterocycles. The van der Waals surface area contributed by atoms with Crippen molar-refractivity contribution < 1.29 is 4.79 Å². The van der Waals surface area contributed by atoms with Crippen LogP contribution in [0.4, 0.5) is 0 Å². The molecule has 130 valence electrons. The number of hydrogen-bond acceptors (Lipinski definition) is 6. The molecular formula is C17H24N4OS2. The lowest BCUT2D eigenvalue weighted by Gasteiger charge is -2.34. The zero-order valence-corrected chi connectivity index (χ0v) is 16.0. The van der Waals surface area contributed by atoms with Gasteiger partial charge in [-0.1, -0.05) is 11.8 Å². The topological polar surface area (TPSA) is 72.1 Å². The van der Waals surface area contributed by atoms with Crippen LogP contribution in [0.5, 0.6) is 0 Å². The van der Waals surface area contributed by atoms with E-state index in [2.05, 4.69) is 23.8 Å². The van der Waals surface area contributed by atoms with Crippen LogP contribution in [0.15, 0.2) is 11.4 Å². The molecule has 3 rings (SSSR count). The van der Waals surface area contributed by atoms with Gasteiger partial charge in [0.25, 0.3) is 0 Å². The molecule has 0 aromatic carbocycles. The maximum Gasteiger partial charge on any atom is 0.232 e. The lowest BCUT2D eigenvalue weighted by Crippen LogP contribution is -2.45. The van der Waals surface area contributed by atoms with Crippen LogP contribution in [0.2, 0.25) is 0 Å². The first-order valence-corrected chi connectivity index (χ1v) is 10.1. The van der Waals surface area contributed by atoms with Crippen LogP contribution in [0.1, 0.15) is 30.2 Å². The number of carbonyl (C=O) groups is 1. The van der Waals surface area contributed by atoms with Gasteiger partial charge in [0, 0.05) is 29.4 Å². The number of rotatable bonds is 4. The van der Waals surface area contributed by atoms with Gasteiger partial charge in [-0.2, -0.15) is 0 Å². The minimum absolute atomic E-state index is 0.145. The van der Waals surface area contributed by atoms with Gasteiger partial charge in [0.1, 0.15) is 16.2 Å². The van der Waals surface area contributed by atoms with Gasteiger partial charge in [0.05, 0.1) is 5.75 Å². The van der Waals surface area contributed by atoms with E-state index in [9.17, 15) is 4.79 Å². The number of fused-ring (bicyclic) bond motifs is 1. The van der Waals surface area contributed by atoms with Crippen LogP contribution in [-0.4, -0.2) is 45.7 Å². The molecule has 1 saturated heterocycles. The van der Waals surface area contributed by atoms with Crippen LogP contribution < -0.4 is 5.73 Å². The summed E-state index contributed by atoms with van der Waals surface area (Å²) in [5, 5.41) is 2.01. The fourth-order valence-electron chi connectivity index (χ4n) is 3.15. The maximum absolute atomic E-state index is 12.6. The number of piperidine rings is 1. The van der Waals surface area contributed by atoms with Gasteiger partial charge < -0.3 is 10.6 Å². The number of nitrogens with two attached hydrogens (primary N) is 1. The maximum atomic E-state index is 12.6. The molecule has 1 fully saturated rings. The monoisotopic (exact) mass is 364 g/mol. The Morgan fingerprint density at radius 1 is 1.50 bits per heavy atom. The number of hydrogen-bond donors (Lipinski definition) is 1. The first-order chi connectivity index (χ1) is 11.5. The van der Waals surface area contributed by atoms with Gasteiger partial charge in [0.15, 0.2) is 0 Å². The van der Waals surface area contributed by atoms with E-state index >= 15 is 0 Å². The highest BCUT2D eigenvalue weighted by atomic mass is 32.2. The Kier molecular flexibility index (Phi) is 5.42. The molecule has 1 amide bonds. The summed E-state index contributed by atoms with van der Waals surface area (Å²) < 4.78 is 0. The van der Waals surface area contributed by atoms with Crippen molar-refractivity contribution in [1.82, 2.24) is 14.9 Å². The Morgan fingerprint density at radius 2 is 2.29 bits per heavy atom. The standard InChI is InChI=1S/C17H24N4OS2/c1-10-12(3)24-17-15(10)16(19-9-20-17)23-8-14(22)21-6-4-5-13(7-21)11(2)18/h9,11,13H,4-8,18H2,1-3H3. The molecule has 24 heavy (non-hydrogen) atoms. The molecule has 0 bridgehead atoms. The normalized spacial score (nSPS) is 19.7. The molecule has 0 aliphatic carbocycles. The molecule has 1 aliphatic rings. The Labute approximate surface area is 151 Å². The second kappa shape index (κ2) is 7.37. The smallest absolute Gasteiger partial charge is 0.232 e. The molecule has 0 saturated carbocycles. The lowest BCUT2D eigenvalue weighted by molar-refractivity contribution is -0.130. The highest BCUT2D eigenvalue weighted by Crippen LogP contribution is 2.34. The summed E-state index contributed by atoms with van der Waals surface area (Å²) in [5.74, 6) is 1.02. The second-order valence-electron chi connectivity index (χ2n) is 6.53. The number of thioether (sulfide) groups is 1. The van der Waals surface area contributed by atoms with Crippen molar-refractivity contribution in [2.24, 2.45) is 11.7 Å². The average molecular weight is 365 g/mol.